The van der Waals surface area contributed by atoms with Gasteiger partial charge in [-0.15, -0.1) is 0 Å². The van der Waals surface area contributed by atoms with E-state index in [1.807, 2.05) is 35.2 Å². The van der Waals surface area contributed by atoms with Crippen molar-refractivity contribution in [1.82, 2.24) is 34.3 Å². The molecule has 6 rings (SSSR count). The van der Waals surface area contributed by atoms with Crippen molar-refractivity contribution in [3.8, 4) is 5.69 Å². The number of Topliss-reactive ketones (excluding diaryl/α,β-unsaturated/α-hetero) is 1. The minimum atomic E-state index is -0.256. The lowest BCUT2D eigenvalue weighted by Gasteiger charge is -2.42. The van der Waals surface area contributed by atoms with Crippen LogP contribution in [-0.2, 0) is 0 Å². The van der Waals surface area contributed by atoms with E-state index in [1.54, 1.807) is 16.8 Å². The highest BCUT2D eigenvalue weighted by Crippen LogP contribution is 2.39. The number of benzene rings is 1. The number of fused-ring (bicyclic) bond motifs is 2. The Balaban J connectivity index is 1.57. The van der Waals surface area contributed by atoms with Crippen LogP contribution < -0.4 is 10.5 Å². The quantitative estimate of drug-likeness (QED) is 0.410. The van der Waals surface area contributed by atoms with Gasteiger partial charge in [-0.1, -0.05) is 29.8 Å². The molecule has 4 aromatic heterocycles. The van der Waals surface area contributed by atoms with Gasteiger partial charge in [-0.25, -0.2) is 14.5 Å². The molecule has 5 heterocycles. The fourth-order valence-corrected chi connectivity index (χ4v) is 4.54. The summed E-state index contributed by atoms with van der Waals surface area (Å²) in [5.41, 5.74) is 1.52. The Labute approximate surface area is 191 Å². The summed E-state index contributed by atoms with van der Waals surface area (Å²) >= 11 is 6.30. The van der Waals surface area contributed by atoms with Crippen molar-refractivity contribution in [3.05, 3.63) is 75.8 Å². The molecule has 164 valence electrons. The molecule has 10 nitrogen and oxygen atoms in total. The predicted molar refractivity (Wildman–Crippen MR) is 122 cm³/mol. The van der Waals surface area contributed by atoms with Gasteiger partial charge in [0.25, 0.3) is 5.56 Å². The topological polar surface area (TPSA) is 114 Å². The van der Waals surface area contributed by atoms with Crippen LogP contribution in [0.3, 0.4) is 0 Å². The van der Waals surface area contributed by atoms with Crippen molar-refractivity contribution in [2.75, 3.05) is 11.4 Å². The molecule has 5 aromatic rings. The molecule has 1 atom stereocenters. The molecular formula is C22H17ClN8O2. The number of hydrogen-bond acceptors (Lipinski definition) is 7. The molecule has 1 aliphatic heterocycles. The number of halogens is 1. The number of anilines is 1. The molecule has 11 heteroatoms. The van der Waals surface area contributed by atoms with E-state index in [1.165, 1.54) is 17.8 Å². The van der Waals surface area contributed by atoms with Crippen LogP contribution in [-0.4, -0.2) is 46.7 Å². The summed E-state index contributed by atoms with van der Waals surface area (Å²) in [6, 6.07) is 10.7. The molecule has 1 fully saturated rings. The van der Waals surface area contributed by atoms with Crippen LogP contribution >= 0.6 is 11.6 Å². The van der Waals surface area contributed by atoms with E-state index in [0.717, 1.165) is 6.42 Å². The van der Waals surface area contributed by atoms with Crippen molar-refractivity contribution in [1.29, 1.82) is 0 Å². The fourth-order valence-electron chi connectivity index (χ4n) is 4.31. The van der Waals surface area contributed by atoms with Crippen molar-refractivity contribution >= 4 is 39.8 Å². The molecule has 1 unspecified atom stereocenters. The van der Waals surface area contributed by atoms with Crippen LogP contribution in [0, 0.1) is 0 Å². The van der Waals surface area contributed by atoms with E-state index in [-0.39, 0.29) is 17.4 Å². The van der Waals surface area contributed by atoms with Gasteiger partial charge in [-0.05, 0) is 24.6 Å². The minimum Gasteiger partial charge on any atom is -0.345 e. The van der Waals surface area contributed by atoms with E-state index in [0.29, 0.717) is 51.1 Å². The van der Waals surface area contributed by atoms with Crippen LogP contribution in [0.4, 0.5) is 5.82 Å². The molecule has 0 amide bonds. The van der Waals surface area contributed by atoms with Crippen LogP contribution in [0.25, 0.3) is 22.2 Å². The Kier molecular flexibility index (Phi) is 4.31. The lowest BCUT2D eigenvalue weighted by Crippen LogP contribution is -2.45. The van der Waals surface area contributed by atoms with Gasteiger partial charge in [0, 0.05) is 19.7 Å². The SMILES string of the molecule is CC(=O)c1[nH]nc2ncnc(N3CCC3c3nn4ccc(Cl)c4c(=O)n3-c3ccccc3)c12. The van der Waals surface area contributed by atoms with Gasteiger partial charge < -0.3 is 4.90 Å². The summed E-state index contributed by atoms with van der Waals surface area (Å²) < 4.78 is 3.11. The first kappa shape index (κ1) is 19.6. The van der Waals surface area contributed by atoms with Gasteiger partial charge in [0.15, 0.2) is 17.3 Å². The van der Waals surface area contributed by atoms with Crippen molar-refractivity contribution in [2.24, 2.45) is 0 Å². The maximum absolute atomic E-state index is 13.5. The number of aromatic amines is 1. The van der Waals surface area contributed by atoms with Gasteiger partial charge in [-0.2, -0.15) is 10.2 Å². The molecule has 1 aliphatic rings. The van der Waals surface area contributed by atoms with Crippen molar-refractivity contribution in [3.63, 3.8) is 0 Å². The second-order valence-corrected chi connectivity index (χ2v) is 8.25. The molecule has 0 bridgehead atoms. The maximum atomic E-state index is 13.5. The normalized spacial score (nSPS) is 15.8. The van der Waals surface area contributed by atoms with Gasteiger partial charge >= 0.3 is 0 Å². The number of carbonyl (C=O) groups is 1. The summed E-state index contributed by atoms with van der Waals surface area (Å²) in [5.74, 6) is 0.972. The lowest BCUT2D eigenvalue weighted by molar-refractivity contribution is 0.101. The molecule has 1 aromatic carbocycles. The van der Waals surface area contributed by atoms with Gasteiger partial charge in [0.1, 0.15) is 23.4 Å². The largest absolute Gasteiger partial charge is 0.345 e. The molecule has 0 saturated carbocycles. The van der Waals surface area contributed by atoms with Crippen LogP contribution in [0.1, 0.15) is 35.7 Å². The second kappa shape index (κ2) is 7.24. The number of hydrogen-bond donors (Lipinski definition) is 1. The first-order valence-electron chi connectivity index (χ1n) is 10.4. The number of aromatic nitrogens is 7. The van der Waals surface area contributed by atoms with Crippen molar-refractivity contribution < 1.29 is 4.79 Å². The van der Waals surface area contributed by atoms with Crippen LogP contribution in [0.2, 0.25) is 5.02 Å². The summed E-state index contributed by atoms with van der Waals surface area (Å²) in [5, 5.41) is 12.6. The first-order valence-corrected chi connectivity index (χ1v) is 10.7. The highest BCUT2D eigenvalue weighted by atomic mass is 35.5. The number of para-hydroxylation sites is 1. The Morgan fingerprint density at radius 3 is 2.73 bits per heavy atom. The Morgan fingerprint density at radius 2 is 2.00 bits per heavy atom. The third-order valence-corrected chi connectivity index (χ3v) is 6.25. The van der Waals surface area contributed by atoms with E-state index < -0.39 is 0 Å². The fraction of sp³-hybridized carbons (Fsp3) is 0.182. The number of ketones is 1. The zero-order valence-electron chi connectivity index (χ0n) is 17.4. The zero-order chi connectivity index (χ0) is 22.7. The summed E-state index contributed by atoms with van der Waals surface area (Å²) in [4.78, 5) is 36.4. The van der Waals surface area contributed by atoms with Gasteiger partial charge in [-0.3, -0.25) is 19.3 Å². The van der Waals surface area contributed by atoms with Crippen LogP contribution in [0.5, 0.6) is 0 Å². The number of nitrogens with zero attached hydrogens (tertiary/aromatic N) is 7. The van der Waals surface area contributed by atoms with Gasteiger partial charge in [0.2, 0.25) is 0 Å². The van der Waals surface area contributed by atoms with E-state index in [2.05, 4.69) is 20.2 Å². The van der Waals surface area contributed by atoms with Gasteiger partial charge in [0.05, 0.1) is 22.1 Å². The summed E-state index contributed by atoms with van der Waals surface area (Å²) in [6.07, 6.45) is 3.84. The van der Waals surface area contributed by atoms with E-state index in [9.17, 15) is 9.59 Å². The average molecular weight is 461 g/mol. The number of H-pyrrole nitrogens is 1. The molecule has 0 spiro atoms. The monoisotopic (exact) mass is 460 g/mol. The first-order chi connectivity index (χ1) is 16.0. The predicted octanol–water partition coefficient (Wildman–Crippen LogP) is 2.96. The highest BCUT2D eigenvalue weighted by molar-refractivity contribution is 6.33. The standard InChI is InChI=1S/C22H17ClN8O2/c1-12(32)17-16-19(27-26-17)24-11-25-21(16)29-9-8-15(29)20-28-30-10-7-14(23)18(30)22(33)31(20)13-5-3-2-4-6-13/h2-7,10-11,15H,8-9H2,1H3,(H,24,25,26,27). The zero-order valence-corrected chi connectivity index (χ0v) is 18.2. The molecule has 1 N–H and O–H groups in total. The number of rotatable bonds is 4. The van der Waals surface area contributed by atoms with Crippen molar-refractivity contribution in [2.45, 2.75) is 19.4 Å². The Morgan fingerprint density at radius 1 is 1.18 bits per heavy atom. The summed E-state index contributed by atoms with van der Waals surface area (Å²) in [7, 11) is 0. The highest BCUT2D eigenvalue weighted by Gasteiger charge is 2.37. The maximum Gasteiger partial charge on any atom is 0.284 e. The molecule has 0 radical (unpaired) electrons. The lowest BCUT2D eigenvalue weighted by atomic mass is 10.0. The second-order valence-electron chi connectivity index (χ2n) is 7.84. The average Bonchev–Trinajstić information content (AvgIpc) is 3.38. The smallest absolute Gasteiger partial charge is 0.284 e. The van der Waals surface area contributed by atoms with E-state index in [4.69, 9.17) is 16.7 Å². The molecular weight excluding hydrogens is 444 g/mol. The Hall–Kier alpha value is -4.05. The third kappa shape index (κ3) is 2.87. The summed E-state index contributed by atoms with van der Waals surface area (Å²) in [6.45, 7) is 2.14. The van der Waals surface area contributed by atoms with Crippen LogP contribution in [0.15, 0.2) is 53.7 Å². The molecule has 0 aliphatic carbocycles. The van der Waals surface area contributed by atoms with E-state index >= 15 is 0 Å². The molecule has 1 saturated heterocycles. The number of carbonyl (C=O) groups excluding carboxylic acids is 1. The molecule has 33 heavy (non-hydrogen) atoms. The number of nitrogens with one attached hydrogen (secondary N) is 1. The minimum absolute atomic E-state index is 0.159. The third-order valence-electron chi connectivity index (χ3n) is 5.95. The Bertz CT molecular complexity index is 1600.